The molecule has 2 aliphatic rings. The van der Waals surface area contributed by atoms with E-state index in [2.05, 4.69) is 6.07 Å². The smallest absolute Gasteiger partial charge is 0.328 e. The first kappa shape index (κ1) is 26.1. The molecule has 0 aliphatic carbocycles. The van der Waals surface area contributed by atoms with Crippen LogP contribution in [0.15, 0.2) is 60.0 Å². The van der Waals surface area contributed by atoms with Crippen LogP contribution in [0.4, 0.5) is 10.5 Å². The average molecular weight is 545 g/mol. The number of benzene rings is 2. The van der Waals surface area contributed by atoms with Gasteiger partial charge in [0.1, 0.15) is 6.04 Å². The standard InChI is InChI=1S/C28H24N4O6S/c1-3-12-30-27(34)25-22(17-8-6-16(15-29)7-9-17)23(26(33)21-5-4-13-39-21)24(31(25)28(30)35)18-10-11-20(38-2)19(14-18)32(36)37/h4-11,13-14,22-25H,3,12H2,1-2H3. The molecule has 1 aromatic heterocycles. The molecule has 5 rings (SSSR count). The number of fused-ring (bicyclic) bond motifs is 1. The number of ketones is 1. The molecule has 2 fully saturated rings. The predicted molar refractivity (Wildman–Crippen MR) is 141 cm³/mol. The summed E-state index contributed by atoms with van der Waals surface area (Å²) >= 11 is 1.25. The molecule has 0 saturated carbocycles. The number of imide groups is 1. The first-order chi connectivity index (χ1) is 18.8. The van der Waals surface area contributed by atoms with Crippen LogP contribution in [0.1, 0.15) is 51.7 Å². The first-order valence-corrected chi connectivity index (χ1v) is 13.2. The number of nitrogens with zero attached hydrogens (tertiary/aromatic N) is 4. The third kappa shape index (κ3) is 4.23. The minimum atomic E-state index is -0.989. The summed E-state index contributed by atoms with van der Waals surface area (Å²) in [4.78, 5) is 56.0. The molecule has 0 spiro atoms. The van der Waals surface area contributed by atoms with Crippen molar-refractivity contribution in [2.75, 3.05) is 13.7 Å². The maximum absolute atomic E-state index is 14.1. The van der Waals surface area contributed by atoms with Gasteiger partial charge in [0.05, 0.1) is 40.5 Å². The summed E-state index contributed by atoms with van der Waals surface area (Å²) in [6.45, 7) is 2.07. The second-order valence-electron chi connectivity index (χ2n) is 9.38. The Morgan fingerprint density at radius 3 is 2.44 bits per heavy atom. The highest BCUT2D eigenvalue weighted by molar-refractivity contribution is 7.12. The summed E-state index contributed by atoms with van der Waals surface area (Å²) < 4.78 is 5.17. The molecule has 39 heavy (non-hydrogen) atoms. The van der Waals surface area contributed by atoms with E-state index < -0.39 is 40.8 Å². The summed E-state index contributed by atoms with van der Waals surface area (Å²) in [7, 11) is 1.32. The van der Waals surface area contributed by atoms with Gasteiger partial charge in [-0.2, -0.15) is 5.26 Å². The van der Waals surface area contributed by atoms with Gasteiger partial charge < -0.3 is 9.64 Å². The van der Waals surface area contributed by atoms with E-state index in [0.717, 1.165) is 0 Å². The lowest BCUT2D eigenvalue weighted by Crippen LogP contribution is -2.38. The van der Waals surface area contributed by atoms with Gasteiger partial charge in [0.2, 0.25) is 0 Å². The van der Waals surface area contributed by atoms with Gasteiger partial charge in [-0.25, -0.2) is 4.79 Å². The summed E-state index contributed by atoms with van der Waals surface area (Å²) in [5, 5.41) is 22.9. The van der Waals surface area contributed by atoms with Crippen molar-refractivity contribution in [2.24, 2.45) is 5.92 Å². The van der Waals surface area contributed by atoms with Crippen molar-refractivity contribution in [3.63, 3.8) is 0 Å². The van der Waals surface area contributed by atoms with Crippen LogP contribution in [-0.4, -0.2) is 52.1 Å². The number of ether oxygens (including phenoxy) is 1. The number of methoxy groups -OCH3 is 1. The Labute approximate surface area is 228 Å². The largest absolute Gasteiger partial charge is 0.490 e. The molecule has 2 aromatic carbocycles. The molecular weight excluding hydrogens is 520 g/mol. The van der Waals surface area contributed by atoms with E-state index in [4.69, 9.17) is 4.74 Å². The molecule has 4 atom stereocenters. The van der Waals surface area contributed by atoms with E-state index in [1.165, 1.54) is 40.4 Å². The molecule has 0 N–H and O–H groups in total. The third-order valence-electron chi connectivity index (χ3n) is 7.32. The van der Waals surface area contributed by atoms with Crippen molar-refractivity contribution in [1.82, 2.24) is 9.80 Å². The molecule has 0 radical (unpaired) electrons. The molecule has 3 aromatic rings. The SMILES string of the molecule is CCCN1C(=O)C2C(c3ccc(C#N)cc3)C(C(=O)c3cccs3)C(c3ccc(OC)c([N+](=O)[O-])c3)N2C1=O. The summed E-state index contributed by atoms with van der Waals surface area (Å²) in [5.41, 5.74) is 1.10. The number of nitro groups is 1. The number of carbonyl (C=O) groups is 3. The minimum Gasteiger partial charge on any atom is -0.490 e. The normalized spacial score (nSPS) is 22.1. The Morgan fingerprint density at radius 1 is 1.13 bits per heavy atom. The van der Waals surface area contributed by atoms with Crippen molar-refractivity contribution < 1.29 is 24.0 Å². The number of amides is 3. The first-order valence-electron chi connectivity index (χ1n) is 12.4. The maximum Gasteiger partial charge on any atom is 0.328 e. The summed E-state index contributed by atoms with van der Waals surface area (Å²) in [6.07, 6.45) is 0.551. The van der Waals surface area contributed by atoms with Crippen LogP contribution in [0.25, 0.3) is 0 Å². The van der Waals surface area contributed by atoms with Gasteiger partial charge in [-0.3, -0.25) is 24.6 Å². The van der Waals surface area contributed by atoms with E-state index in [1.807, 2.05) is 6.92 Å². The highest BCUT2D eigenvalue weighted by Gasteiger charge is 2.63. The average Bonchev–Trinajstić information content (AvgIpc) is 3.66. The number of carbonyl (C=O) groups excluding carboxylic acids is 3. The molecule has 3 amide bonds. The zero-order chi connectivity index (χ0) is 27.8. The topological polar surface area (TPSA) is 134 Å². The van der Waals surface area contributed by atoms with E-state index in [9.17, 15) is 29.8 Å². The molecule has 2 aliphatic heterocycles. The van der Waals surface area contributed by atoms with Crippen LogP contribution >= 0.6 is 11.3 Å². The highest BCUT2D eigenvalue weighted by atomic mass is 32.1. The number of nitriles is 1. The van der Waals surface area contributed by atoms with Gasteiger partial charge in [-0.15, -0.1) is 11.3 Å². The second-order valence-corrected chi connectivity index (χ2v) is 10.3. The molecule has 10 nitrogen and oxygen atoms in total. The second kappa shape index (κ2) is 10.3. The molecule has 0 bridgehead atoms. The lowest BCUT2D eigenvalue weighted by Gasteiger charge is -2.28. The zero-order valence-electron chi connectivity index (χ0n) is 21.1. The van der Waals surface area contributed by atoms with Crippen molar-refractivity contribution in [3.05, 3.63) is 91.7 Å². The molecule has 198 valence electrons. The van der Waals surface area contributed by atoms with E-state index >= 15 is 0 Å². The van der Waals surface area contributed by atoms with Crippen LogP contribution in [0.5, 0.6) is 5.75 Å². The number of Topliss-reactive ketones (excluding diaryl/α,β-unsaturated/α-hetero) is 1. The van der Waals surface area contributed by atoms with E-state index in [0.29, 0.717) is 28.0 Å². The fourth-order valence-electron chi connectivity index (χ4n) is 5.71. The lowest BCUT2D eigenvalue weighted by molar-refractivity contribution is -0.385. The van der Waals surface area contributed by atoms with Crippen LogP contribution in [0.2, 0.25) is 0 Å². The van der Waals surface area contributed by atoms with Gasteiger partial charge in [0, 0.05) is 18.5 Å². The predicted octanol–water partition coefficient (Wildman–Crippen LogP) is 4.92. The number of thiophene rings is 1. The lowest BCUT2D eigenvalue weighted by atomic mass is 9.76. The van der Waals surface area contributed by atoms with Crippen LogP contribution in [0, 0.1) is 27.4 Å². The molecule has 2 saturated heterocycles. The minimum absolute atomic E-state index is 0.0412. The molecular formula is C28H24N4O6S. The number of rotatable bonds is 8. The van der Waals surface area contributed by atoms with Gasteiger partial charge in [-0.05, 0) is 47.2 Å². The monoisotopic (exact) mass is 544 g/mol. The molecule has 11 heteroatoms. The number of hydrogen-bond donors (Lipinski definition) is 0. The molecule has 3 heterocycles. The Hall–Kier alpha value is -4.56. The van der Waals surface area contributed by atoms with Crippen molar-refractivity contribution in [2.45, 2.75) is 31.3 Å². The number of nitro benzene ring substituents is 1. The van der Waals surface area contributed by atoms with Crippen LogP contribution in [0.3, 0.4) is 0 Å². The van der Waals surface area contributed by atoms with Crippen molar-refractivity contribution in [1.29, 1.82) is 5.26 Å². The summed E-state index contributed by atoms with van der Waals surface area (Å²) in [6, 6.07) is 14.0. The van der Waals surface area contributed by atoms with Crippen molar-refractivity contribution >= 4 is 34.7 Å². The van der Waals surface area contributed by atoms with E-state index in [-0.39, 0.29) is 23.8 Å². The van der Waals surface area contributed by atoms with Crippen LogP contribution < -0.4 is 4.74 Å². The summed E-state index contributed by atoms with van der Waals surface area (Å²) in [5.74, 6) is -2.28. The maximum atomic E-state index is 14.1. The number of hydrogen-bond acceptors (Lipinski definition) is 8. The Kier molecular flexibility index (Phi) is 6.89. The van der Waals surface area contributed by atoms with Gasteiger partial charge in [0.15, 0.2) is 11.5 Å². The quantitative estimate of drug-likeness (QED) is 0.170. The Bertz CT molecular complexity index is 1500. The van der Waals surface area contributed by atoms with Crippen molar-refractivity contribution in [3.8, 4) is 11.8 Å². The van der Waals surface area contributed by atoms with Gasteiger partial charge >= 0.3 is 11.7 Å². The van der Waals surface area contributed by atoms with Gasteiger partial charge in [0.25, 0.3) is 5.91 Å². The highest BCUT2D eigenvalue weighted by Crippen LogP contribution is 2.54. The fourth-order valence-corrected chi connectivity index (χ4v) is 6.42. The Balaban J connectivity index is 1.75. The third-order valence-corrected chi connectivity index (χ3v) is 8.20. The Morgan fingerprint density at radius 2 is 1.85 bits per heavy atom. The molecule has 4 unspecified atom stereocenters. The van der Waals surface area contributed by atoms with Gasteiger partial charge in [-0.1, -0.05) is 31.2 Å². The van der Waals surface area contributed by atoms with Crippen LogP contribution in [-0.2, 0) is 4.79 Å². The fraction of sp³-hybridized carbons (Fsp3) is 0.286. The number of urea groups is 1. The van der Waals surface area contributed by atoms with E-state index in [1.54, 1.807) is 47.8 Å². The zero-order valence-corrected chi connectivity index (χ0v) is 22.0.